The number of halogens is 1. The second-order valence-corrected chi connectivity index (χ2v) is 2.97. The van der Waals surface area contributed by atoms with Crippen LogP contribution in [0.2, 0.25) is 0 Å². The summed E-state index contributed by atoms with van der Waals surface area (Å²) in [7, 11) is 0. The van der Waals surface area contributed by atoms with E-state index in [2.05, 4.69) is 32.0 Å². The number of benzene rings is 1. The van der Waals surface area contributed by atoms with Crippen LogP contribution in [0.4, 0.5) is 0 Å². The van der Waals surface area contributed by atoms with Gasteiger partial charge in [-0.1, -0.05) is 12.1 Å². The molecule has 1 amide bonds. The molecule has 0 aliphatic rings. The van der Waals surface area contributed by atoms with Gasteiger partial charge < -0.3 is 10.4 Å². The molecule has 2 N–H and O–H groups in total. The normalized spacial score (nSPS) is 8.64. The number of rotatable bonds is 2. The monoisotopic (exact) mass is 253 g/mol. The Labute approximate surface area is 90.3 Å². The van der Waals surface area contributed by atoms with Gasteiger partial charge in [-0.25, -0.2) is 0 Å². The molecule has 14 heavy (non-hydrogen) atoms. The van der Waals surface area contributed by atoms with Crippen molar-refractivity contribution in [1.82, 2.24) is 5.32 Å². The van der Waals surface area contributed by atoms with Crippen molar-refractivity contribution < 1.29 is 9.90 Å². The van der Waals surface area contributed by atoms with Crippen molar-refractivity contribution in [3.05, 3.63) is 29.8 Å². The first-order chi connectivity index (χ1) is 6.72. The first-order valence-electron chi connectivity index (χ1n) is 3.90. The SMILES string of the molecule is O=C(C#CBr)NCc1ccc(O)cc1. The van der Waals surface area contributed by atoms with E-state index in [1.54, 1.807) is 24.3 Å². The van der Waals surface area contributed by atoms with E-state index in [4.69, 9.17) is 5.11 Å². The van der Waals surface area contributed by atoms with Crippen molar-refractivity contribution >= 4 is 21.8 Å². The standard InChI is InChI=1S/C10H8BrNO2/c11-6-5-10(14)12-7-8-1-3-9(13)4-2-8/h1-4,13H,7H2,(H,12,14). The van der Waals surface area contributed by atoms with Crippen LogP contribution in [0, 0.1) is 10.8 Å². The summed E-state index contributed by atoms with van der Waals surface area (Å²) in [6, 6.07) is 6.60. The Morgan fingerprint density at radius 2 is 2.07 bits per heavy atom. The Morgan fingerprint density at radius 1 is 1.43 bits per heavy atom. The van der Waals surface area contributed by atoms with Crippen LogP contribution in [0.25, 0.3) is 0 Å². The topological polar surface area (TPSA) is 49.3 Å². The van der Waals surface area contributed by atoms with Crippen LogP contribution < -0.4 is 5.32 Å². The lowest BCUT2D eigenvalue weighted by Gasteiger charge is -2.00. The van der Waals surface area contributed by atoms with Crippen LogP contribution >= 0.6 is 15.9 Å². The van der Waals surface area contributed by atoms with Gasteiger partial charge in [0.05, 0.1) is 0 Å². The smallest absolute Gasteiger partial charge is 0.297 e. The number of hydrogen-bond acceptors (Lipinski definition) is 2. The Bertz CT molecular complexity index is 375. The van der Waals surface area contributed by atoms with Gasteiger partial charge in [-0.05, 0) is 22.5 Å². The highest BCUT2D eigenvalue weighted by molar-refractivity contribution is 9.12. The summed E-state index contributed by atoms with van der Waals surface area (Å²) >= 11 is 2.83. The first kappa shape index (κ1) is 10.6. The molecule has 0 saturated heterocycles. The molecule has 0 bridgehead atoms. The van der Waals surface area contributed by atoms with Crippen LogP contribution in [0.3, 0.4) is 0 Å². The molecule has 0 atom stereocenters. The highest BCUT2D eigenvalue weighted by Gasteiger charge is 1.96. The van der Waals surface area contributed by atoms with E-state index in [-0.39, 0.29) is 11.7 Å². The molecule has 72 valence electrons. The van der Waals surface area contributed by atoms with E-state index < -0.39 is 0 Å². The summed E-state index contributed by atoms with van der Waals surface area (Å²) in [6.07, 6.45) is 0. The molecule has 0 aliphatic heterocycles. The second-order valence-electron chi connectivity index (χ2n) is 2.57. The highest BCUT2D eigenvalue weighted by atomic mass is 79.9. The molecule has 0 aliphatic carbocycles. The molecule has 0 spiro atoms. The van der Waals surface area contributed by atoms with E-state index >= 15 is 0 Å². The minimum Gasteiger partial charge on any atom is -0.508 e. The molecular formula is C10H8BrNO2. The van der Waals surface area contributed by atoms with Crippen molar-refractivity contribution in [1.29, 1.82) is 0 Å². The molecule has 0 saturated carbocycles. The van der Waals surface area contributed by atoms with Gasteiger partial charge in [-0.15, -0.1) is 0 Å². The largest absolute Gasteiger partial charge is 0.508 e. The number of carbonyl (C=O) groups excluding carboxylic acids is 1. The highest BCUT2D eigenvalue weighted by Crippen LogP contribution is 2.08. The Balaban J connectivity index is 2.48. The fourth-order valence-electron chi connectivity index (χ4n) is 0.883. The van der Waals surface area contributed by atoms with Crippen LogP contribution in [-0.4, -0.2) is 11.0 Å². The van der Waals surface area contributed by atoms with Crippen LogP contribution in [0.15, 0.2) is 24.3 Å². The number of nitrogens with one attached hydrogen (secondary N) is 1. The van der Waals surface area contributed by atoms with E-state index in [1.807, 2.05) is 0 Å². The number of phenolic OH excluding ortho intramolecular Hbond substituents is 1. The summed E-state index contributed by atoms with van der Waals surface area (Å²) in [5, 5.41) is 11.6. The molecule has 1 aromatic rings. The zero-order valence-corrected chi connectivity index (χ0v) is 8.84. The molecule has 0 heterocycles. The van der Waals surface area contributed by atoms with E-state index in [0.29, 0.717) is 6.54 Å². The number of carbonyl (C=O) groups is 1. The third-order valence-corrected chi connectivity index (χ3v) is 1.75. The van der Waals surface area contributed by atoms with E-state index in [9.17, 15) is 4.79 Å². The number of aromatic hydroxyl groups is 1. The van der Waals surface area contributed by atoms with Crippen molar-refractivity contribution in [2.75, 3.05) is 0 Å². The van der Waals surface area contributed by atoms with Crippen LogP contribution in [0.5, 0.6) is 5.75 Å². The van der Waals surface area contributed by atoms with Gasteiger partial charge in [0.2, 0.25) is 0 Å². The quantitative estimate of drug-likeness (QED) is 0.783. The summed E-state index contributed by atoms with van der Waals surface area (Å²) in [4.78, 5) is 13.2. The third-order valence-electron chi connectivity index (χ3n) is 1.55. The maximum Gasteiger partial charge on any atom is 0.297 e. The Morgan fingerprint density at radius 3 is 2.64 bits per heavy atom. The van der Waals surface area contributed by atoms with Gasteiger partial charge in [0.25, 0.3) is 5.91 Å². The molecule has 3 nitrogen and oxygen atoms in total. The Hall–Kier alpha value is -1.47. The molecular weight excluding hydrogens is 246 g/mol. The molecule has 1 rings (SSSR count). The van der Waals surface area contributed by atoms with Gasteiger partial charge in [0.1, 0.15) is 5.75 Å². The van der Waals surface area contributed by atoms with Crippen molar-refractivity contribution in [3.8, 4) is 16.5 Å². The summed E-state index contributed by atoms with van der Waals surface area (Å²) in [6.45, 7) is 0.404. The van der Waals surface area contributed by atoms with Crippen molar-refractivity contribution in [2.24, 2.45) is 0 Å². The maximum atomic E-state index is 10.9. The first-order valence-corrected chi connectivity index (χ1v) is 4.69. The lowest BCUT2D eigenvalue weighted by atomic mass is 10.2. The molecule has 4 heteroatoms. The summed E-state index contributed by atoms with van der Waals surface area (Å²) in [5.74, 6) is 2.17. The summed E-state index contributed by atoms with van der Waals surface area (Å²) < 4.78 is 0. The van der Waals surface area contributed by atoms with Gasteiger partial charge in [0.15, 0.2) is 0 Å². The molecule has 1 aromatic carbocycles. The lowest BCUT2D eigenvalue weighted by molar-refractivity contribution is -0.115. The van der Waals surface area contributed by atoms with Crippen LogP contribution in [0.1, 0.15) is 5.56 Å². The van der Waals surface area contributed by atoms with Gasteiger partial charge in [-0.3, -0.25) is 4.79 Å². The number of hydrogen-bond donors (Lipinski definition) is 2. The second kappa shape index (κ2) is 5.30. The Kier molecular flexibility index (Phi) is 4.02. The van der Waals surface area contributed by atoms with Crippen LogP contribution in [-0.2, 0) is 11.3 Å². The lowest BCUT2D eigenvalue weighted by Crippen LogP contribution is -2.20. The molecule has 0 unspecified atom stereocenters. The number of phenols is 1. The molecule has 0 fully saturated rings. The van der Waals surface area contributed by atoms with Crippen molar-refractivity contribution in [3.63, 3.8) is 0 Å². The van der Waals surface area contributed by atoms with E-state index in [1.165, 1.54) is 0 Å². The third kappa shape index (κ3) is 3.50. The zero-order chi connectivity index (χ0) is 10.4. The molecule has 0 aromatic heterocycles. The summed E-state index contributed by atoms with van der Waals surface area (Å²) in [5.41, 5.74) is 0.910. The van der Waals surface area contributed by atoms with Crippen molar-refractivity contribution in [2.45, 2.75) is 6.54 Å². The fraction of sp³-hybridized carbons (Fsp3) is 0.100. The van der Waals surface area contributed by atoms with Gasteiger partial charge in [0, 0.05) is 28.4 Å². The zero-order valence-electron chi connectivity index (χ0n) is 7.25. The average Bonchev–Trinajstić information content (AvgIpc) is 2.17. The average molecular weight is 254 g/mol. The predicted molar refractivity (Wildman–Crippen MR) is 56.7 cm³/mol. The van der Waals surface area contributed by atoms with Gasteiger partial charge in [-0.2, -0.15) is 0 Å². The van der Waals surface area contributed by atoms with E-state index in [0.717, 1.165) is 5.56 Å². The maximum absolute atomic E-state index is 10.9. The molecule has 0 radical (unpaired) electrons. The number of amides is 1. The van der Waals surface area contributed by atoms with Gasteiger partial charge >= 0.3 is 0 Å². The fourth-order valence-corrected chi connectivity index (χ4v) is 1.06. The minimum absolute atomic E-state index is 0.209. The predicted octanol–water partition coefficient (Wildman–Crippen LogP) is 1.36. The minimum atomic E-state index is -0.338.